The average Bonchev–Trinajstić information content (AvgIpc) is 3.03. The highest BCUT2D eigenvalue weighted by Crippen LogP contribution is 2.62. The third-order valence-electron chi connectivity index (χ3n) is 8.09. The molecule has 0 radical (unpaired) electrons. The molecule has 4 aliphatic rings. The summed E-state index contributed by atoms with van der Waals surface area (Å²) in [5.41, 5.74) is 4.00. The second-order valence-corrected chi connectivity index (χ2v) is 9.88. The van der Waals surface area contributed by atoms with Crippen LogP contribution in [0, 0.1) is 22.7 Å². The SMILES string of the molecule is CC(=O)OCC(=O)C1CCC2C3=CC=C4CC(OC(C)=O)CCC4(C)C3=CCC12C. The summed E-state index contributed by atoms with van der Waals surface area (Å²) >= 11 is 0. The number of hydrogen-bond donors (Lipinski definition) is 0. The van der Waals surface area contributed by atoms with Crippen molar-refractivity contribution in [2.24, 2.45) is 22.7 Å². The maximum atomic E-state index is 12.8. The van der Waals surface area contributed by atoms with E-state index in [4.69, 9.17) is 9.47 Å². The van der Waals surface area contributed by atoms with Crippen LogP contribution in [-0.2, 0) is 23.9 Å². The first kappa shape index (κ1) is 21.1. The Bertz CT molecular complexity index is 878. The van der Waals surface area contributed by atoms with Crippen LogP contribution in [0.4, 0.5) is 0 Å². The van der Waals surface area contributed by atoms with Crippen LogP contribution >= 0.6 is 0 Å². The highest BCUT2D eigenvalue weighted by molar-refractivity contribution is 5.85. The fourth-order valence-corrected chi connectivity index (χ4v) is 6.48. The van der Waals surface area contributed by atoms with E-state index < -0.39 is 5.97 Å². The van der Waals surface area contributed by atoms with E-state index in [1.54, 1.807) is 0 Å². The molecule has 4 aliphatic carbocycles. The van der Waals surface area contributed by atoms with E-state index in [9.17, 15) is 14.4 Å². The van der Waals surface area contributed by atoms with Crippen molar-refractivity contribution >= 4 is 17.7 Å². The summed E-state index contributed by atoms with van der Waals surface area (Å²) in [6.07, 6.45) is 12.2. The van der Waals surface area contributed by atoms with Gasteiger partial charge >= 0.3 is 11.9 Å². The number of fused-ring (bicyclic) bond motifs is 5. The van der Waals surface area contributed by atoms with Crippen LogP contribution in [0.5, 0.6) is 0 Å². The Balaban J connectivity index is 1.59. The van der Waals surface area contributed by atoms with Crippen molar-refractivity contribution in [3.8, 4) is 0 Å². The summed E-state index contributed by atoms with van der Waals surface area (Å²) in [7, 11) is 0. The lowest BCUT2D eigenvalue weighted by atomic mass is 9.55. The van der Waals surface area contributed by atoms with Crippen LogP contribution in [0.1, 0.15) is 66.2 Å². The number of ether oxygens (including phenoxy) is 2. The summed E-state index contributed by atoms with van der Waals surface area (Å²) in [6, 6.07) is 0. The second-order valence-electron chi connectivity index (χ2n) is 9.88. The average molecular weight is 413 g/mol. The fourth-order valence-electron chi connectivity index (χ4n) is 6.48. The van der Waals surface area contributed by atoms with Crippen LogP contribution in [0.15, 0.2) is 34.9 Å². The lowest BCUT2D eigenvalue weighted by molar-refractivity contribution is -0.148. The van der Waals surface area contributed by atoms with Gasteiger partial charge in [0.15, 0.2) is 5.78 Å². The van der Waals surface area contributed by atoms with E-state index in [1.807, 2.05) is 0 Å². The molecular weight excluding hydrogens is 380 g/mol. The smallest absolute Gasteiger partial charge is 0.303 e. The van der Waals surface area contributed by atoms with Gasteiger partial charge in [0.25, 0.3) is 0 Å². The molecule has 0 aliphatic heterocycles. The van der Waals surface area contributed by atoms with E-state index in [1.165, 1.54) is 30.6 Å². The number of carbonyl (C=O) groups excluding carboxylic acids is 3. The summed E-state index contributed by atoms with van der Waals surface area (Å²) < 4.78 is 10.5. The second kappa shape index (κ2) is 7.51. The van der Waals surface area contributed by atoms with Crippen molar-refractivity contribution in [1.82, 2.24) is 0 Å². The van der Waals surface area contributed by atoms with Gasteiger partial charge in [0, 0.05) is 31.6 Å². The first-order chi connectivity index (χ1) is 14.1. The van der Waals surface area contributed by atoms with Crippen LogP contribution in [0.25, 0.3) is 0 Å². The Labute approximate surface area is 178 Å². The summed E-state index contributed by atoms with van der Waals surface area (Å²) in [5.74, 6) is -0.283. The van der Waals surface area contributed by atoms with Crippen molar-refractivity contribution < 1.29 is 23.9 Å². The van der Waals surface area contributed by atoms with E-state index in [0.29, 0.717) is 5.92 Å². The van der Waals surface area contributed by atoms with Gasteiger partial charge in [-0.05, 0) is 54.6 Å². The summed E-state index contributed by atoms with van der Waals surface area (Å²) in [4.78, 5) is 35.3. The molecule has 0 heterocycles. The molecule has 162 valence electrons. The zero-order valence-corrected chi connectivity index (χ0v) is 18.5. The fraction of sp³-hybridized carbons (Fsp3) is 0.640. The predicted molar refractivity (Wildman–Crippen MR) is 112 cm³/mol. The molecule has 5 nitrogen and oxygen atoms in total. The number of allylic oxidation sites excluding steroid dienone is 5. The van der Waals surface area contributed by atoms with Crippen molar-refractivity contribution in [1.29, 1.82) is 0 Å². The van der Waals surface area contributed by atoms with Gasteiger partial charge in [-0.2, -0.15) is 0 Å². The van der Waals surface area contributed by atoms with E-state index in [2.05, 4.69) is 32.1 Å². The zero-order valence-electron chi connectivity index (χ0n) is 18.5. The quantitative estimate of drug-likeness (QED) is 0.637. The molecule has 0 N–H and O–H groups in total. The molecular formula is C25H32O5. The molecule has 2 fully saturated rings. The number of Topliss-reactive ketones (excluding diaryl/α,β-unsaturated/α-hetero) is 1. The molecule has 0 amide bonds. The number of esters is 2. The van der Waals surface area contributed by atoms with E-state index in [-0.39, 0.29) is 41.2 Å². The van der Waals surface area contributed by atoms with Gasteiger partial charge in [0.05, 0.1) is 0 Å². The molecule has 2 saturated carbocycles. The molecule has 5 heteroatoms. The van der Waals surface area contributed by atoms with Crippen molar-refractivity contribution in [3.05, 3.63) is 34.9 Å². The first-order valence-corrected chi connectivity index (χ1v) is 11.1. The van der Waals surface area contributed by atoms with Gasteiger partial charge in [-0.25, -0.2) is 0 Å². The van der Waals surface area contributed by atoms with Crippen molar-refractivity contribution in [2.75, 3.05) is 6.61 Å². The Kier molecular flexibility index (Phi) is 5.27. The van der Waals surface area contributed by atoms with Gasteiger partial charge in [-0.1, -0.05) is 37.6 Å². The van der Waals surface area contributed by atoms with Crippen molar-refractivity contribution in [3.63, 3.8) is 0 Å². The molecule has 0 spiro atoms. The topological polar surface area (TPSA) is 69.7 Å². The summed E-state index contributed by atoms with van der Waals surface area (Å²) in [6.45, 7) is 7.26. The predicted octanol–water partition coefficient (Wildman–Crippen LogP) is 4.47. The molecule has 0 bridgehead atoms. The number of ketones is 1. The Hall–Kier alpha value is -2.17. The van der Waals surface area contributed by atoms with Crippen LogP contribution < -0.4 is 0 Å². The highest BCUT2D eigenvalue weighted by atomic mass is 16.5. The first-order valence-electron chi connectivity index (χ1n) is 11.1. The molecule has 5 unspecified atom stereocenters. The lowest BCUT2D eigenvalue weighted by Crippen LogP contribution is -2.42. The Morgan fingerprint density at radius 3 is 2.53 bits per heavy atom. The standard InChI is InChI=1S/C25H32O5/c1-15(26)29-14-23(28)22-8-7-20-19-6-5-17-13-18(30-16(2)27)9-11-24(17,3)21(19)10-12-25(20,22)4/h5-6,10,18,20,22H,7-9,11-14H2,1-4H3. The number of hydrogen-bond acceptors (Lipinski definition) is 5. The maximum Gasteiger partial charge on any atom is 0.303 e. The van der Waals surface area contributed by atoms with Crippen molar-refractivity contribution in [2.45, 2.75) is 72.3 Å². The van der Waals surface area contributed by atoms with Gasteiger partial charge in [0.1, 0.15) is 12.7 Å². The third kappa shape index (κ3) is 3.36. The lowest BCUT2D eigenvalue weighted by Gasteiger charge is -2.50. The number of carbonyl (C=O) groups is 3. The van der Waals surface area contributed by atoms with Crippen LogP contribution in [-0.4, -0.2) is 30.4 Å². The maximum absolute atomic E-state index is 12.8. The van der Waals surface area contributed by atoms with Gasteiger partial charge < -0.3 is 9.47 Å². The van der Waals surface area contributed by atoms with Crippen LogP contribution in [0.3, 0.4) is 0 Å². The molecule has 0 aromatic carbocycles. The Morgan fingerprint density at radius 1 is 1.07 bits per heavy atom. The zero-order chi connectivity index (χ0) is 21.7. The molecule has 0 saturated heterocycles. The van der Waals surface area contributed by atoms with Gasteiger partial charge in [0.2, 0.25) is 0 Å². The van der Waals surface area contributed by atoms with Gasteiger partial charge in [-0.3, -0.25) is 14.4 Å². The normalized spacial score (nSPS) is 36.9. The molecule has 5 atom stereocenters. The summed E-state index contributed by atoms with van der Waals surface area (Å²) in [5, 5.41) is 0. The molecule has 0 aromatic heterocycles. The van der Waals surface area contributed by atoms with Crippen LogP contribution in [0.2, 0.25) is 0 Å². The highest BCUT2D eigenvalue weighted by Gasteiger charge is 2.55. The minimum Gasteiger partial charge on any atom is -0.462 e. The van der Waals surface area contributed by atoms with Gasteiger partial charge in [-0.15, -0.1) is 0 Å². The monoisotopic (exact) mass is 412 g/mol. The Morgan fingerprint density at radius 2 is 1.83 bits per heavy atom. The third-order valence-corrected chi connectivity index (χ3v) is 8.09. The number of rotatable bonds is 4. The van der Waals surface area contributed by atoms with E-state index >= 15 is 0 Å². The molecule has 0 aromatic rings. The molecule has 4 rings (SSSR count). The molecule has 30 heavy (non-hydrogen) atoms. The minimum atomic E-state index is -0.404. The van der Waals surface area contributed by atoms with E-state index in [0.717, 1.165) is 38.5 Å². The largest absolute Gasteiger partial charge is 0.462 e. The minimum absolute atomic E-state index is 0.0120.